The van der Waals surface area contributed by atoms with E-state index in [9.17, 15) is 9.59 Å². The van der Waals surface area contributed by atoms with Crippen LogP contribution in [0.25, 0.3) is 20.2 Å². The van der Waals surface area contributed by atoms with Gasteiger partial charge >= 0.3 is 0 Å². The molecule has 0 aliphatic carbocycles. The number of Topliss-reactive ketones (excluding diaryl/α,β-unsaturated/α-hetero) is 1. The van der Waals surface area contributed by atoms with Crippen molar-refractivity contribution in [1.29, 1.82) is 0 Å². The average molecular weight is 417 g/mol. The van der Waals surface area contributed by atoms with Gasteiger partial charge in [0.05, 0.1) is 0 Å². The summed E-state index contributed by atoms with van der Waals surface area (Å²) in [7, 11) is 0. The molecule has 4 rings (SSSR count). The first-order chi connectivity index (χ1) is 14.3. The Morgan fingerprint density at radius 3 is 2.00 bits per heavy atom. The van der Waals surface area contributed by atoms with Crippen LogP contribution in [0.3, 0.4) is 0 Å². The van der Waals surface area contributed by atoms with Crippen LogP contribution in [0.1, 0.15) is 67.9 Å². The number of hydrogen-bond acceptors (Lipinski definition) is 3. The van der Waals surface area contributed by atoms with Gasteiger partial charge in [-0.3, -0.25) is 9.59 Å². The smallest absolute Gasteiger partial charge is 0.195 e. The summed E-state index contributed by atoms with van der Waals surface area (Å²) in [6, 6.07) is 21.5. The van der Waals surface area contributed by atoms with Crippen molar-refractivity contribution >= 4 is 37.3 Å². The van der Waals surface area contributed by atoms with Gasteiger partial charge in [0, 0.05) is 25.7 Å². The molecule has 0 unspecified atom stereocenters. The van der Waals surface area contributed by atoms with Crippen molar-refractivity contribution in [3.63, 3.8) is 0 Å². The minimum atomic E-state index is 0.121. The molecule has 0 aliphatic rings. The lowest BCUT2D eigenvalue weighted by atomic mass is 9.93. The van der Waals surface area contributed by atoms with Crippen molar-refractivity contribution in [2.24, 2.45) is 0 Å². The molecule has 1 aromatic heterocycles. The van der Waals surface area contributed by atoms with Gasteiger partial charge in [-0.1, -0.05) is 76.2 Å². The van der Waals surface area contributed by atoms with Crippen LogP contribution in [-0.4, -0.2) is 5.78 Å². The molecule has 0 saturated carbocycles. The van der Waals surface area contributed by atoms with E-state index in [0.717, 1.165) is 25.7 Å². The predicted molar refractivity (Wildman–Crippen MR) is 130 cm³/mol. The van der Waals surface area contributed by atoms with E-state index in [0.29, 0.717) is 11.8 Å². The standard InChI is InChI=1S/C19H20OS.C8H8O/c1-11(2)13-9-15(12(3)4)19-16(10-13)18(20)14-7-5-6-8-17(14)21-19;1-7(9)8-5-3-2-4-6-8/h5-12H,1-4H3;2-6H,1H3. The first-order valence-electron chi connectivity index (χ1n) is 10.3. The summed E-state index contributed by atoms with van der Waals surface area (Å²) in [5.41, 5.74) is 3.50. The van der Waals surface area contributed by atoms with Gasteiger partial charge in [-0.05, 0) is 48.1 Å². The fourth-order valence-corrected chi connectivity index (χ4v) is 4.70. The Morgan fingerprint density at radius 1 is 0.800 bits per heavy atom. The van der Waals surface area contributed by atoms with Gasteiger partial charge < -0.3 is 0 Å². The molecule has 2 nitrogen and oxygen atoms in total. The number of rotatable bonds is 3. The van der Waals surface area contributed by atoms with Gasteiger partial charge in [-0.25, -0.2) is 0 Å². The van der Waals surface area contributed by atoms with Crippen molar-refractivity contribution in [3.05, 3.63) is 93.6 Å². The second-order valence-corrected chi connectivity index (χ2v) is 9.20. The Morgan fingerprint density at radius 2 is 1.43 bits per heavy atom. The van der Waals surface area contributed by atoms with Crippen molar-refractivity contribution in [1.82, 2.24) is 0 Å². The summed E-state index contributed by atoms with van der Waals surface area (Å²) in [5.74, 6) is 0.974. The van der Waals surface area contributed by atoms with Crippen LogP contribution >= 0.6 is 11.3 Å². The zero-order valence-corrected chi connectivity index (χ0v) is 19.0. The molecule has 0 fully saturated rings. The second-order valence-electron chi connectivity index (χ2n) is 8.15. The molecular weight excluding hydrogens is 388 g/mol. The lowest BCUT2D eigenvalue weighted by Crippen LogP contribution is -2.04. The Balaban J connectivity index is 0.000000239. The van der Waals surface area contributed by atoms with E-state index in [1.54, 1.807) is 18.3 Å². The maximum atomic E-state index is 12.8. The highest BCUT2D eigenvalue weighted by Crippen LogP contribution is 2.34. The summed E-state index contributed by atoms with van der Waals surface area (Å²) < 4.78 is 2.23. The first kappa shape index (κ1) is 21.9. The van der Waals surface area contributed by atoms with Gasteiger partial charge in [0.15, 0.2) is 11.2 Å². The fraction of sp³-hybridized carbons (Fsp3) is 0.259. The van der Waals surface area contributed by atoms with Crippen molar-refractivity contribution in [3.8, 4) is 0 Å². The van der Waals surface area contributed by atoms with E-state index < -0.39 is 0 Å². The minimum absolute atomic E-state index is 0.121. The highest BCUT2D eigenvalue weighted by atomic mass is 32.1. The second kappa shape index (κ2) is 9.36. The maximum absolute atomic E-state index is 12.8. The van der Waals surface area contributed by atoms with Gasteiger partial charge in [0.1, 0.15) is 0 Å². The molecule has 1 heterocycles. The van der Waals surface area contributed by atoms with E-state index in [1.165, 1.54) is 11.1 Å². The van der Waals surface area contributed by atoms with Crippen molar-refractivity contribution in [2.75, 3.05) is 0 Å². The summed E-state index contributed by atoms with van der Waals surface area (Å²) in [4.78, 5) is 23.5. The first-order valence-corrected chi connectivity index (χ1v) is 11.2. The third-order valence-electron chi connectivity index (χ3n) is 5.20. The normalized spacial score (nSPS) is 11.0. The number of fused-ring (bicyclic) bond motifs is 2. The molecule has 0 atom stereocenters. The van der Waals surface area contributed by atoms with Crippen LogP contribution in [0.15, 0.2) is 71.5 Å². The van der Waals surface area contributed by atoms with Crippen LogP contribution in [-0.2, 0) is 0 Å². The van der Waals surface area contributed by atoms with E-state index in [-0.39, 0.29) is 11.2 Å². The molecule has 30 heavy (non-hydrogen) atoms. The molecule has 0 radical (unpaired) electrons. The average Bonchev–Trinajstić information content (AvgIpc) is 2.74. The number of benzene rings is 3. The maximum Gasteiger partial charge on any atom is 0.195 e. The lowest BCUT2D eigenvalue weighted by Gasteiger charge is -2.15. The summed E-state index contributed by atoms with van der Waals surface area (Å²) in [5, 5.41) is 1.72. The van der Waals surface area contributed by atoms with E-state index in [1.807, 2.05) is 54.6 Å². The molecule has 0 saturated heterocycles. The molecule has 0 aliphatic heterocycles. The van der Waals surface area contributed by atoms with Gasteiger partial charge in [0.25, 0.3) is 0 Å². The third-order valence-corrected chi connectivity index (χ3v) is 6.43. The Labute approximate surface area is 182 Å². The monoisotopic (exact) mass is 416 g/mol. The summed E-state index contributed by atoms with van der Waals surface area (Å²) >= 11 is 1.74. The Kier molecular flexibility index (Phi) is 6.84. The molecule has 0 amide bonds. The van der Waals surface area contributed by atoms with Gasteiger partial charge in [0.2, 0.25) is 0 Å². The largest absolute Gasteiger partial charge is 0.295 e. The summed E-state index contributed by atoms with van der Waals surface area (Å²) in [6.45, 7) is 10.3. The van der Waals surface area contributed by atoms with Crippen LogP contribution in [0.5, 0.6) is 0 Å². The van der Waals surface area contributed by atoms with Crippen LogP contribution in [0.2, 0.25) is 0 Å². The van der Waals surface area contributed by atoms with Crippen LogP contribution in [0.4, 0.5) is 0 Å². The number of carbonyl (C=O) groups excluding carboxylic acids is 1. The number of hydrogen-bond donors (Lipinski definition) is 0. The predicted octanol–water partition coefficient (Wildman–Crippen LogP) is 7.55. The van der Waals surface area contributed by atoms with Crippen molar-refractivity contribution < 1.29 is 4.79 Å². The Bertz CT molecular complexity index is 1230. The molecule has 4 aromatic rings. The fourth-order valence-electron chi connectivity index (χ4n) is 3.39. The molecule has 3 heteroatoms. The number of carbonyl (C=O) groups is 1. The van der Waals surface area contributed by atoms with Crippen LogP contribution in [0, 0.1) is 0 Å². The SMILES string of the molecule is CC(=O)c1ccccc1.CC(C)c1cc(C(C)C)c2sc3ccccc3c(=O)c2c1. The number of ketones is 1. The quantitative estimate of drug-likeness (QED) is 0.255. The topological polar surface area (TPSA) is 34.1 Å². The van der Waals surface area contributed by atoms with Crippen LogP contribution < -0.4 is 5.43 Å². The highest BCUT2D eigenvalue weighted by molar-refractivity contribution is 7.24. The van der Waals surface area contributed by atoms with E-state index >= 15 is 0 Å². The zero-order chi connectivity index (χ0) is 21.8. The molecular formula is C27H28O2S. The van der Waals surface area contributed by atoms with Crippen molar-refractivity contribution in [2.45, 2.75) is 46.5 Å². The van der Waals surface area contributed by atoms with E-state index in [4.69, 9.17) is 0 Å². The molecule has 0 spiro atoms. The molecule has 0 N–H and O–H groups in total. The highest BCUT2D eigenvalue weighted by Gasteiger charge is 2.14. The van der Waals surface area contributed by atoms with Gasteiger partial charge in [-0.15, -0.1) is 11.3 Å². The zero-order valence-electron chi connectivity index (χ0n) is 18.2. The molecule has 0 bridgehead atoms. The minimum Gasteiger partial charge on any atom is -0.295 e. The lowest BCUT2D eigenvalue weighted by molar-refractivity contribution is 0.101. The Hall–Kier alpha value is -2.78. The van der Waals surface area contributed by atoms with Gasteiger partial charge in [-0.2, -0.15) is 0 Å². The molecule has 154 valence electrons. The summed E-state index contributed by atoms with van der Waals surface area (Å²) in [6.07, 6.45) is 0. The molecule has 3 aromatic carbocycles. The third kappa shape index (κ3) is 4.68. The van der Waals surface area contributed by atoms with E-state index in [2.05, 4.69) is 39.8 Å².